The summed E-state index contributed by atoms with van der Waals surface area (Å²) in [4.78, 5) is 12.7. The van der Waals surface area contributed by atoms with Crippen molar-refractivity contribution in [2.24, 2.45) is 0 Å². The summed E-state index contributed by atoms with van der Waals surface area (Å²) < 4.78 is 5.37. The van der Waals surface area contributed by atoms with Crippen molar-refractivity contribution < 1.29 is 9.84 Å². The summed E-state index contributed by atoms with van der Waals surface area (Å²) in [5, 5.41) is 9.41. The lowest BCUT2D eigenvalue weighted by Crippen LogP contribution is -2.32. The zero-order valence-electron chi connectivity index (χ0n) is 11.8. The molecule has 0 unspecified atom stereocenters. The molecule has 0 aromatic carbocycles. The highest BCUT2D eigenvalue weighted by Gasteiger charge is 2.31. The highest BCUT2D eigenvalue weighted by molar-refractivity contribution is 5.26. The summed E-state index contributed by atoms with van der Waals surface area (Å²) >= 11 is 0. The molecule has 2 atom stereocenters. The molecule has 1 N–H and O–H groups in total. The largest absolute Gasteiger partial charge is 0.395 e. The van der Waals surface area contributed by atoms with Crippen LogP contribution in [0.3, 0.4) is 0 Å². The van der Waals surface area contributed by atoms with Gasteiger partial charge in [0, 0.05) is 58.3 Å². The number of ether oxygens (including phenoxy) is 1. The third-order valence-electron chi connectivity index (χ3n) is 3.51. The van der Waals surface area contributed by atoms with E-state index in [1.807, 2.05) is 31.4 Å². The average Bonchev–Trinajstić information content (AvgIpc) is 2.81. The Morgan fingerprint density at radius 2 is 2.11 bits per heavy atom. The van der Waals surface area contributed by atoms with Gasteiger partial charge in [0.1, 0.15) is 0 Å². The molecule has 0 bridgehead atoms. The van der Waals surface area contributed by atoms with Gasteiger partial charge >= 0.3 is 0 Å². The summed E-state index contributed by atoms with van der Waals surface area (Å²) in [5.74, 6) is 0.707. The fraction of sp³-hybridized carbons (Fsp3) is 0.692. The fourth-order valence-corrected chi connectivity index (χ4v) is 2.39. The van der Waals surface area contributed by atoms with Crippen LogP contribution in [-0.4, -0.2) is 66.5 Å². The van der Waals surface area contributed by atoms with E-state index >= 15 is 0 Å². The number of aliphatic hydroxyl groups is 1. The van der Waals surface area contributed by atoms with Crippen LogP contribution in [0.15, 0.2) is 12.4 Å². The van der Waals surface area contributed by atoms with E-state index in [2.05, 4.69) is 14.9 Å². The molecule has 1 aromatic heterocycles. The van der Waals surface area contributed by atoms with Gasteiger partial charge in [-0.2, -0.15) is 0 Å². The summed E-state index contributed by atoms with van der Waals surface area (Å²) in [5.41, 5.74) is 1.06. The molecule has 1 aliphatic rings. The van der Waals surface area contributed by atoms with E-state index in [1.165, 1.54) is 0 Å². The van der Waals surface area contributed by atoms with Crippen LogP contribution in [0.4, 0.5) is 5.95 Å². The van der Waals surface area contributed by atoms with Crippen LogP contribution in [0.1, 0.15) is 12.0 Å². The minimum absolute atomic E-state index is 0.163. The van der Waals surface area contributed by atoms with Gasteiger partial charge in [0.2, 0.25) is 5.95 Å². The highest BCUT2D eigenvalue weighted by atomic mass is 16.5. The monoisotopic (exact) mass is 266 g/mol. The molecular formula is C13H22N4O2. The van der Waals surface area contributed by atoms with Crippen molar-refractivity contribution in [3.8, 4) is 0 Å². The van der Waals surface area contributed by atoms with Gasteiger partial charge in [-0.25, -0.2) is 9.97 Å². The van der Waals surface area contributed by atoms with Gasteiger partial charge in [-0.3, -0.25) is 4.90 Å². The minimum Gasteiger partial charge on any atom is -0.395 e. The van der Waals surface area contributed by atoms with Crippen LogP contribution in [0.5, 0.6) is 0 Å². The Bertz CT molecular complexity index is 396. The summed E-state index contributed by atoms with van der Waals surface area (Å²) in [7, 11) is 5.55. The number of hydrogen-bond donors (Lipinski definition) is 1. The molecule has 1 fully saturated rings. The molecule has 1 aromatic rings. The van der Waals surface area contributed by atoms with Crippen LogP contribution in [0, 0.1) is 0 Å². The van der Waals surface area contributed by atoms with Crippen molar-refractivity contribution >= 4 is 5.95 Å². The maximum absolute atomic E-state index is 9.41. The number of anilines is 1. The maximum Gasteiger partial charge on any atom is 0.224 e. The third kappa shape index (κ3) is 3.40. The van der Waals surface area contributed by atoms with E-state index in [1.54, 1.807) is 7.11 Å². The second kappa shape index (κ2) is 6.27. The third-order valence-corrected chi connectivity index (χ3v) is 3.51. The summed E-state index contributed by atoms with van der Waals surface area (Å²) in [6.45, 7) is 1.76. The Morgan fingerprint density at radius 3 is 2.63 bits per heavy atom. The van der Waals surface area contributed by atoms with Crippen molar-refractivity contribution in [2.75, 3.05) is 39.3 Å². The molecule has 19 heavy (non-hydrogen) atoms. The van der Waals surface area contributed by atoms with Crippen molar-refractivity contribution in [1.82, 2.24) is 14.9 Å². The van der Waals surface area contributed by atoms with Gasteiger partial charge in [-0.1, -0.05) is 0 Å². The van der Waals surface area contributed by atoms with Gasteiger partial charge in [0.25, 0.3) is 0 Å². The Labute approximate surface area is 114 Å². The Morgan fingerprint density at radius 1 is 1.42 bits per heavy atom. The zero-order chi connectivity index (χ0) is 13.8. The molecule has 0 radical (unpaired) electrons. The smallest absolute Gasteiger partial charge is 0.224 e. The minimum atomic E-state index is 0.163. The molecular weight excluding hydrogens is 244 g/mol. The lowest BCUT2D eigenvalue weighted by molar-refractivity contribution is 0.107. The first kappa shape index (κ1) is 14.2. The van der Waals surface area contributed by atoms with Crippen molar-refractivity contribution in [3.05, 3.63) is 18.0 Å². The number of likely N-dealkylation sites (tertiary alicyclic amines) is 1. The number of rotatable bonds is 5. The van der Waals surface area contributed by atoms with Gasteiger partial charge in [-0.05, 0) is 6.42 Å². The second-order valence-electron chi connectivity index (χ2n) is 5.14. The quantitative estimate of drug-likeness (QED) is 0.817. The predicted molar refractivity (Wildman–Crippen MR) is 73.1 cm³/mol. The Kier molecular flexibility index (Phi) is 4.68. The van der Waals surface area contributed by atoms with E-state index in [0.29, 0.717) is 5.95 Å². The normalized spacial score (nSPS) is 23.8. The van der Waals surface area contributed by atoms with Crippen LogP contribution in [0.25, 0.3) is 0 Å². The predicted octanol–water partition coefficient (Wildman–Crippen LogP) is 0.124. The number of nitrogens with zero attached hydrogens (tertiary/aromatic N) is 4. The topological polar surface area (TPSA) is 61.7 Å². The standard InChI is InChI=1S/C13H22N4O2/c1-16(2)13-14-5-10(6-15-13)7-17-8-12(19-3)4-11(17)9-18/h5-6,11-12,18H,4,7-9H2,1-3H3/t11-,12-/m0/s1. The van der Waals surface area contributed by atoms with Crippen molar-refractivity contribution in [1.29, 1.82) is 0 Å². The molecule has 6 nitrogen and oxygen atoms in total. The highest BCUT2D eigenvalue weighted by Crippen LogP contribution is 2.21. The molecule has 0 aliphatic carbocycles. The molecule has 0 spiro atoms. The summed E-state index contributed by atoms with van der Waals surface area (Å²) in [6, 6.07) is 0.165. The van der Waals surface area contributed by atoms with Crippen LogP contribution in [-0.2, 0) is 11.3 Å². The summed E-state index contributed by atoms with van der Waals surface area (Å²) in [6.07, 6.45) is 4.77. The SMILES string of the molecule is CO[C@H]1C[C@@H](CO)N(Cc2cnc(N(C)C)nc2)C1. The molecule has 1 aliphatic heterocycles. The van der Waals surface area contributed by atoms with Crippen LogP contribution in [0.2, 0.25) is 0 Å². The molecule has 0 saturated carbocycles. The van der Waals surface area contributed by atoms with Crippen molar-refractivity contribution in [2.45, 2.75) is 25.1 Å². The van der Waals surface area contributed by atoms with Crippen LogP contribution >= 0.6 is 0 Å². The number of methoxy groups -OCH3 is 1. The van der Waals surface area contributed by atoms with Gasteiger partial charge in [0.15, 0.2) is 0 Å². The van der Waals surface area contributed by atoms with Gasteiger partial charge in [0.05, 0.1) is 12.7 Å². The van der Waals surface area contributed by atoms with E-state index in [4.69, 9.17) is 4.74 Å². The molecule has 2 rings (SSSR count). The van der Waals surface area contributed by atoms with E-state index in [9.17, 15) is 5.11 Å². The first-order valence-corrected chi connectivity index (χ1v) is 6.50. The van der Waals surface area contributed by atoms with E-state index in [0.717, 1.165) is 25.1 Å². The van der Waals surface area contributed by atoms with E-state index in [-0.39, 0.29) is 18.8 Å². The van der Waals surface area contributed by atoms with Crippen LogP contribution < -0.4 is 4.90 Å². The second-order valence-corrected chi connectivity index (χ2v) is 5.14. The number of aliphatic hydroxyl groups excluding tert-OH is 1. The number of aromatic nitrogens is 2. The lowest BCUT2D eigenvalue weighted by Gasteiger charge is -2.22. The molecule has 106 valence electrons. The Balaban J connectivity index is 2.00. The first-order chi connectivity index (χ1) is 9.13. The fourth-order valence-electron chi connectivity index (χ4n) is 2.39. The zero-order valence-corrected chi connectivity index (χ0v) is 11.8. The Hall–Kier alpha value is -1.24. The van der Waals surface area contributed by atoms with Gasteiger partial charge in [-0.15, -0.1) is 0 Å². The number of hydrogen-bond acceptors (Lipinski definition) is 6. The van der Waals surface area contributed by atoms with Gasteiger partial charge < -0.3 is 14.7 Å². The lowest BCUT2D eigenvalue weighted by atomic mass is 10.2. The molecule has 0 amide bonds. The average molecular weight is 266 g/mol. The molecule has 2 heterocycles. The first-order valence-electron chi connectivity index (χ1n) is 6.50. The molecule has 6 heteroatoms. The molecule has 1 saturated heterocycles. The van der Waals surface area contributed by atoms with E-state index < -0.39 is 0 Å². The maximum atomic E-state index is 9.41. The van der Waals surface area contributed by atoms with Crippen molar-refractivity contribution in [3.63, 3.8) is 0 Å².